The number of nitrogens with zero attached hydrogens (tertiary/aromatic N) is 2. The van der Waals surface area contributed by atoms with Gasteiger partial charge < -0.3 is 0 Å². The summed E-state index contributed by atoms with van der Waals surface area (Å²) in [6, 6.07) is 9.96. The molecule has 2 N–H and O–H groups in total. The van der Waals surface area contributed by atoms with Gasteiger partial charge in [-0.3, -0.25) is 25.2 Å². The van der Waals surface area contributed by atoms with Gasteiger partial charge in [0.1, 0.15) is 5.82 Å². The maximum absolute atomic E-state index is 13.4. The van der Waals surface area contributed by atoms with Crippen LogP contribution >= 0.6 is 15.9 Å². The molecule has 3 aromatic rings. The normalized spacial score (nSPS) is 10.9. The molecule has 3 rings (SSSR count). The summed E-state index contributed by atoms with van der Waals surface area (Å²) in [7, 11) is 0. The minimum Gasteiger partial charge on any atom is -0.267 e. The van der Waals surface area contributed by atoms with Crippen LogP contribution in [0.5, 0.6) is 0 Å². The van der Waals surface area contributed by atoms with Gasteiger partial charge in [0.25, 0.3) is 17.4 Å². The van der Waals surface area contributed by atoms with Gasteiger partial charge in [-0.2, -0.15) is 5.10 Å². The molecule has 0 unspecified atom stereocenters. The minimum atomic E-state index is -0.707. The molecule has 7 nitrogen and oxygen atoms in total. The van der Waals surface area contributed by atoms with E-state index in [0.717, 1.165) is 6.07 Å². The van der Waals surface area contributed by atoms with Crippen LogP contribution in [0.4, 0.5) is 4.39 Å². The molecule has 0 aliphatic carbocycles. The largest absolute Gasteiger partial charge is 0.290 e. The zero-order valence-corrected chi connectivity index (χ0v) is 16.6. The van der Waals surface area contributed by atoms with Gasteiger partial charge in [-0.1, -0.05) is 18.2 Å². The summed E-state index contributed by atoms with van der Waals surface area (Å²) in [4.78, 5) is 37.4. The number of halogens is 2. The topological polar surface area (TPSA) is 93.1 Å². The van der Waals surface area contributed by atoms with Crippen LogP contribution in [0.25, 0.3) is 10.8 Å². The van der Waals surface area contributed by atoms with E-state index in [0.29, 0.717) is 15.2 Å². The van der Waals surface area contributed by atoms with Crippen molar-refractivity contribution < 1.29 is 14.0 Å². The van der Waals surface area contributed by atoms with Gasteiger partial charge in [-0.15, -0.1) is 0 Å². The molecule has 2 amide bonds. The Bertz CT molecular complexity index is 1140. The Kier molecular flexibility index (Phi) is 5.55. The van der Waals surface area contributed by atoms with Gasteiger partial charge in [-0.25, -0.2) is 9.07 Å². The molecule has 9 heteroatoms. The smallest absolute Gasteiger partial charge is 0.267 e. The van der Waals surface area contributed by atoms with Gasteiger partial charge in [0.05, 0.1) is 17.0 Å². The van der Waals surface area contributed by atoms with E-state index in [4.69, 9.17) is 0 Å². The highest BCUT2D eigenvalue weighted by Gasteiger charge is 2.19. The van der Waals surface area contributed by atoms with Gasteiger partial charge in [0, 0.05) is 9.86 Å². The van der Waals surface area contributed by atoms with E-state index in [1.54, 1.807) is 38.1 Å². The van der Waals surface area contributed by atoms with Crippen LogP contribution in [0.3, 0.4) is 0 Å². The fourth-order valence-corrected chi connectivity index (χ4v) is 3.06. The lowest BCUT2D eigenvalue weighted by Crippen LogP contribution is -2.43. The number of aromatic nitrogens is 2. The summed E-state index contributed by atoms with van der Waals surface area (Å²) in [5.41, 5.74) is 4.19. The first-order chi connectivity index (χ1) is 13.3. The lowest BCUT2D eigenvalue weighted by Gasteiger charge is -2.14. The van der Waals surface area contributed by atoms with E-state index < -0.39 is 17.6 Å². The number of hydrogen-bond donors (Lipinski definition) is 2. The van der Waals surface area contributed by atoms with Crippen molar-refractivity contribution in [2.45, 2.75) is 19.9 Å². The van der Waals surface area contributed by atoms with Crippen molar-refractivity contribution in [2.75, 3.05) is 0 Å². The number of benzene rings is 2. The Morgan fingerprint density at radius 3 is 2.39 bits per heavy atom. The van der Waals surface area contributed by atoms with Crippen molar-refractivity contribution in [3.05, 3.63) is 74.4 Å². The molecule has 0 saturated carbocycles. The van der Waals surface area contributed by atoms with Crippen molar-refractivity contribution >= 4 is 38.5 Å². The molecule has 1 aromatic heterocycles. The van der Waals surface area contributed by atoms with Crippen molar-refractivity contribution in [3.8, 4) is 0 Å². The molecular weight excluding hydrogens is 431 g/mol. The summed E-state index contributed by atoms with van der Waals surface area (Å²) in [5, 5.41) is 4.86. The lowest BCUT2D eigenvalue weighted by atomic mass is 10.1. The van der Waals surface area contributed by atoms with E-state index >= 15 is 0 Å². The van der Waals surface area contributed by atoms with Crippen LogP contribution < -0.4 is 16.4 Å². The Hall–Kier alpha value is -3.07. The molecule has 0 aliphatic heterocycles. The van der Waals surface area contributed by atoms with Gasteiger partial charge in [0.15, 0.2) is 5.69 Å². The highest BCUT2D eigenvalue weighted by atomic mass is 79.9. The van der Waals surface area contributed by atoms with Crippen LogP contribution in [0.2, 0.25) is 0 Å². The predicted molar refractivity (Wildman–Crippen MR) is 105 cm³/mol. The zero-order chi connectivity index (χ0) is 20.4. The second kappa shape index (κ2) is 7.89. The number of rotatable bonds is 3. The van der Waals surface area contributed by atoms with Gasteiger partial charge >= 0.3 is 0 Å². The van der Waals surface area contributed by atoms with Crippen LogP contribution in [-0.2, 0) is 0 Å². The first-order valence-electron chi connectivity index (χ1n) is 8.37. The fraction of sp³-hybridized carbons (Fsp3) is 0.158. The molecule has 0 spiro atoms. The van der Waals surface area contributed by atoms with E-state index in [2.05, 4.69) is 31.9 Å². The molecule has 28 heavy (non-hydrogen) atoms. The summed E-state index contributed by atoms with van der Waals surface area (Å²) >= 11 is 3.16. The lowest BCUT2D eigenvalue weighted by molar-refractivity contribution is 0.0843. The average molecular weight is 447 g/mol. The SMILES string of the molecule is CC(C)n1nc(C(=O)NNC(=O)c2cc(F)ccc2Br)c2ccccc2c1=O. The molecule has 2 aromatic carbocycles. The molecule has 0 atom stereocenters. The molecule has 1 heterocycles. The first-order valence-corrected chi connectivity index (χ1v) is 9.16. The van der Waals surface area contributed by atoms with Crippen LogP contribution in [0.15, 0.2) is 51.7 Å². The first kappa shape index (κ1) is 19.7. The summed E-state index contributed by atoms with van der Waals surface area (Å²) < 4.78 is 15.0. The molecule has 0 aliphatic rings. The molecular formula is C19H16BrFN4O3. The molecule has 144 valence electrons. The summed E-state index contributed by atoms with van der Waals surface area (Å²) in [6.07, 6.45) is 0. The van der Waals surface area contributed by atoms with Gasteiger partial charge in [0.2, 0.25) is 0 Å². The van der Waals surface area contributed by atoms with Gasteiger partial charge in [-0.05, 0) is 54.0 Å². The Morgan fingerprint density at radius 1 is 1.07 bits per heavy atom. The number of nitrogens with one attached hydrogen (secondary N) is 2. The third-order valence-electron chi connectivity index (χ3n) is 4.00. The van der Waals surface area contributed by atoms with E-state index in [9.17, 15) is 18.8 Å². The monoisotopic (exact) mass is 446 g/mol. The summed E-state index contributed by atoms with van der Waals surface area (Å²) in [6.45, 7) is 3.54. The number of hydrazine groups is 1. The highest BCUT2D eigenvalue weighted by molar-refractivity contribution is 9.10. The average Bonchev–Trinajstić information content (AvgIpc) is 2.68. The third kappa shape index (κ3) is 3.79. The zero-order valence-electron chi connectivity index (χ0n) is 15.0. The molecule has 0 bridgehead atoms. The second-order valence-corrected chi connectivity index (χ2v) is 7.12. The molecule has 0 saturated heterocycles. The second-order valence-electron chi connectivity index (χ2n) is 6.27. The maximum atomic E-state index is 13.4. The summed E-state index contributed by atoms with van der Waals surface area (Å²) in [5.74, 6) is -2.00. The van der Waals surface area contributed by atoms with Crippen molar-refractivity contribution in [1.29, 1.82) is 0 Å². The predicted octanol–water partition coefficient (Wildman–Crippen LogP) is 2.95. The van der Waals surface area contributed by atoms with Crippen molar-refractivity contribution in [3.63, 3.8) is 0 Å². The Balaban J connectivity index is 1.92. The number of amides is 2. The third-order valence-corrected chi connectivity index (χ3v) is 4.69. The number of hydrogen-bond acceptors (Lipinski definition) is 4. The van der Waals surface area contributed by atoms with Crippen LogP contribution in [0.1, 0.15) is 40.7 Å². The van der Waals surface area contributed by atoms with Crippen LogP contribution in [-0.4, -0.2) is 21.6 Å². The van der Waals surface area contributed by atoms with E-state index in [1.807, 2.05) is 0 Å². The standard InChI is InChI=1S/C19H16BrFN4O3/c1-10(2)25-19(28)13-6-4-3-5-12(13)16(24-25)18(27)23-22-17(26)14-9-11(21)7-8-15(14)20/h3-10H,1-2H3,(H,22,26)(H,23,27). The van der Waals surface area contributed by atoms with Crippen molar-refractivity contribution in [1.82, 2.24) is 20.6 Å². The number of fused-ring (bicyclic) bond motifs is 1. The van der Waals surface area contributed by atoms with Crippen molar-refractivity contribution in [2.24, 2.45) is 0 Å². The number of carbonyl (C=O) groups is 2. The Morgan fingerprint density at radius 2 is 1.71 bits per heavy atom. The minimum absolute atomic E-state index is 0.0116. The maximum Gasteiger partial charge on any atom is 0.290 e. The van der Waals surface area contributed by atoms with Crippen LogP contribution in [0, 0.1) is 5.82 Å². The molecule has 0 fully saturated rings. The Labute approximate surface area is 167 Å². The van der Waals surface area contributed by atoms with E-state index in [-0.39, 0.29) is 22.9 Å². The van der Waals surface area contributed by atoms with E-state index in [1.165, 1.54) is 16.8 Å². The highest BCUT2D eigenvalue weighted by Crippen LogP contribution is 2.18. The number of carbonyl (C=O) groups excluding carboxylic acids is 2. The fourth-order valence-electron chi connectivity index (χ4n) is 2.64. The quantitative estimate of drug-likeness (QED) is 0.604. The molecule has 0 radical (unpaired) electrons.